The summed E-state index contributed by atoms with van der Waals surface area (Å²) in [5.41, 5.74) is 8.33. The Kier molecular flexibility index (Phi) is 6.19. The van der Waals surface area contributed by atoms with Crippen LogP contribution in [-0.4, -0.2) is 19.7 Å². The fraction of sp³-hybridized carbons (Fsp3) is 0.571. The topological polar surface area (TPSA) is 47.3 Å². The molecule has 0 fully saturated rings. The molecule has 0 aliphatic rings. The molecule has 0 radical (unpaired) electrons. The van der Waals surface area contributed by atoms with Gasteiger partial charge in [-0.05, 0) is 24.5 Å². The van der Waals surface area contributed by atoms with Gasteiger partial charge in [0.1, 0.15) is 0 Å². The van der Waals surface area contributed by atoms with Crippen LogP contribution in [0.2, 0.25) is 0 Å². The molecule has 0 saturated carbocycles. The van der Waals surface area contributed by atoms with Crippen LogP contribution >= 0.6 is 0 Å². The van der Waals surface area contributed by atoms with Crippen molar-refractivity contribution in [1.29, 1.82) is 0 Å². The van der Waals surface area contributed by atoms with E-state index in [0.717, 1.165) is 6.42 Å². The van der Waals surface area contributed by atoms with E-state index < -0.39 is 0 Å². The van der Waals surface area contributed by atoms with Gasteiger partial charge in [-0.2, -0.15) is 0 Å². The summed E-state index contributed by atoms with van der Waals surface area (Å²) in [7, 11) is 1.72. The molecule has 0 aliphatic heterocycles. The maximum Gasteiger partial charge on any atom is 0.0716 e. The first kappa shape index (κ1) is 14.2. The second kappa shape index (κ2) is 7.43. The number of benzene rings is 1. The molecule has 3 nitrogen and oxygen atoms in total. The molecule has 0 saturated heterocycles. The third-order valence-electron chi connectivity index (χ3n) is 3.06. The molecule has 17 heavy (non-hydrogen) atoms. The van der Waals surface area contributed by atoms with Crippen LogP contribution in [0.4, 0.5) is 0 Å². The van der Waals surface area contributed by atoms with Gasteiger partial charge in [-0.15, -0.1) is 0 Å². The number of hydrogen-bond acceptors (Lipinski definition) is 3. The highest BCUT2D eigenvalue weighted by molar-refractivity contribution is 5.30. The molecule has 0 spiro atoms. The van der Waals surface area contributed by atoms with Gasteiger partial charge >= 0.3 is 0 Å². The maximum absolute atomic E-state index is 5.87. The lowest BCUT2D eigenvalue weighted by molar-refractivity contribution is 0.183. The standard InChI is InChI=1S/C14H24N2O/c1-4-11(2)16-14(9-15)13-8-6-5-7-12(13)10-17-3/h5-8,11,14,16H,4,9-10,15H2,1-3H3. The Morgan fingerprint density at radius 3 is 2.65 bits per heavy atom. The lowest BCUT2D eigenvalue weighted by atomic mass is 9.99. The minimum absolute atomic E-state index is 0.205. The Morgan fingerprint density at radius 2 is 2.06 bits per heavy atom. The molecule has 0 amide bonds. The molecule has 2 unspecified atom stereocenters. The molecule has 1 aromatic rings. The lowest BCUT2D eigenvalue weighted by Crippen LogP contribution is -2.35. The van der Waals surface area contributed by atoms with E-state index in [1.165, 1.54) is 11.1 Å². The summed E-state index contributed by atoms with van der Waals surface area (Å²) >= 11 is 0. The van der Waals surface area contributed by atoms with Gasteiger partial charge in [-0.25, -0.2) is 0 Å². The first-order valence-corrected chi connectivity index (χ1v) is 6.25. The van der Waals surface area contributed by atoms with Crippen LogP contribution in [0.15, 0.2) is 24.3 Å². The molecule has 3 N–H and O–H groups in total. The average Bonchev–Trinajstić information content (AvgIpc) is 2.37. The fourth-order valence-electron chi connectivity index (χ4n) is 1.91. The van der Waals surface area contributed by atoms with Gasteiger partial charge in [0.2, 0.25) is 0 Å². The quantitative estimate of drug-likeness (QED) is 0.763. The van der Waals surface area contributed by atoms with Crippen molar-refractivity contribution in [2.24, 2.45) is 5.73 Å². The number of methoxy groups -OCH3 is 1. The Bertz CT molecular complexity index is 328. The Morgan fingerprint density at radius 1 is 1.35 bits per heavy atom. The van der Waals surface area contributed by atoms with Crippen molar-refractivity contribution in [3.8, 4) is 0 Å². The normalized spacial score (nSPS) is 14.6. The molecular formula is C14H24N2O. The van der Waals surface area contributed by atoms with Crippen molar-refractivity contribution >= 4 is 0 Å². The van der Waals surface area contributed by atoms with Gasteiger partial charge < -0.3 is 15.8 Å². The van der Waals surface area contributed by atoms with E-state index in [9.17, 15) is 0 Å². The molecule has 3 heteroatoms. The van der Waals surface area contributed by atoms with Crippen LogP contribution in [0.1, 0.15) is 37.4 Å². The van der Waals surface area contributed by atoms with Gasteiger partial charge in [0.05, 0.1) is 6.61 Å². The SMILES string of the molecule is CCC(C)NC(CN)c1ccccc1COC. The van der Waals surface area contributed by atoms with Crippen molar-refractivity contribution in [2.45, 2.75) is 39.0 Å². The summed E-state index contributed by atoms with van der Waals surface area (Å²) in [5.74, 6) is 0. The summed E-state index contributed by atoms with van der Waals surface area (Å²) in [4.78, 5) is 0. The van der Waals surface area contributed by atoms with Crippen LogP contribution < -0.4 is 11.1 Å². The molecule has 1 rings (SSSR count). The predicted octanol–water partition coefficient (Wildman–Crippen LogP) is 2.22. The first-order chi connectivity index (χ1) is 8.22. The number of hydrogen-bond donors (Lipinski definition) is 2. The van der Waals surface area contributed by atoms with E-state index in [-0.39, 0.29) is 6.04 Å². The van der Waals surface area contributed by atoms with Gasteiger partial charge in [0.25, 0.3) is 0 Å². The zero-order chi connectivity index (χ0) is 12.7. The minimum atomic E-state index is 0.205. The van der Waals surface area contributed by atoms with Crippen LogP contribution in [0.5, 0.6) is 0 Å². The zero-order valence-corrected chi connectivity index (χ0v) is 11.1. The third-order valence-corrected chi connectivity index (χ3v) is 3.06. The number of nitrogens with one attached hydrogen (secondary N) is 1. The fourth-order valence-corrected chi connectivity index (χ4v) is 1.91. The van der Waals surface area contributed by atoms with Crippen LogP contribution in [0.3, 0.4) is 0 Å². The van der Waals surface area contributed by atoms with Crippen molar-refractivity contribution in [3.63, 3.8) is 0 Å². The van der Waals surface area contributed by atoms with E-state index in [1.807, 2.05) is 6.07 Å². The molecule has 96 valence electrons. The van der Waals surface area contributed by atoms with E-state index >= 15 is 0 Å². The highest BCUT2D eigenvalue weighted by atomic mass is 16.5. The summed E-state index contributed by atoms with van der Waals surface area (Å²) in [5, 5.41) is 3.55. The Balaban J connectivity index is 2.86. The molecule has 0 bridgehead atoms. The van der Waals surface area contributed by atoms with Crippen molar-refractivity contribution < 1.29 is 4.74 Å². The van der Waals surface area contributed by atoms with Crippen LogP contribution in [0.25, 0.3) is 0 Å². The number of ether oxygens (including phenoxy) is 1. The number of nitrogens with two attached hydrogens (primary N) is 1. The predicted molar refractivity (Wildman–Crippen MR) is 71.8 cm³/mol. The summed E-state index contributed by atoms with van der Waals surface area (Å²) in [6, 6.07) is 8.99. The Hall–Kier alpha value is -0.900. The van der Waals surface area contributed by atoms with E-state index in [0.29, 0.717) is 19.2 Å². The van der Waals surface area contributed by atoms with Crippen molar-refractivity contribution in [1.82, 2.24) is 5.32 Å². The highest BCUT2D eigenvalue weighted by Crippen LogP contribution is 2.19. The largest absolute Gasteiger partial charge is 0.380 e. The van der Waals surface area contributed by atoms with E-state index in [4.69, 9.17) is 10.5 Å². The summed E-state index contributed by atoms with van der Waals surface area (Å²) in [6.07, 6.45) is 1.10. The molecule has 0 aromatic heterocycles. The van der Waals surface area contributed by atoms with E-state index in [1.54, 1.807) is 7.11 Å². The van der Waals surface area contributed by atoms with Gasteiger partial charge in [-0.3, -0.25) is 0 Å². The second-order valence-electron chi connectivity index (χ2n) is 4.40. The molecular weight excluding hydrogens is 212 g/mol. The van der Waals surface area contributed by atoms with Gasteiger partial charge in [0.15, 0.2) is 0 Å². The third kappa shape index (κ3) is 4.11. The average molecular weight is 236 g/mol. The van der Waals surface area contributed by atoms with Crippen molar-refractivity contribution in [2.75, 3.05) is 13.7 Å². The Labute approximate surface area is 104 Å². The molecule has 0 heterocycles. The molecule has 2 atom stereocenters. The smallest absolute Gasteiger partial charge is 0.0716 e. The monoisotopic (exact) mass is 236 g/mol. The lowest BCUT2D eigenvalue weighted by Gasteiger charge is -2.23. The summed E-state index contributed by atoms with van der Waals surface area (Å²) in [6.45, 7) is 5.59. The van der Waals surface area contributed by atoms with Crippen LogP contribution in [-0.2, 0) is 11.3 Å². The molecule has 0 aliphatic carbocycles. The number of rotatable bonds is 7. The summed E-state index contributed by atoms with van der Waals surface area (Å²) < 4.78 is 5.23. The molecule has 1 aromatic carbocycles. The van der Waals surface area contributed by atoms with Crippen molar-refractivity contribution in [3.05, 3.63) is 35.4 Å². The zero-order valence-electron chi connectivity index (χ0n) is 11.1. The van der Waals surface area contributed by atoms with Crippen LogP contribution in [0, 0.1) is 0 Å². The highest BCUT2D eigenvalue weighted by Gasteiger charge is 2.14. The van der Waals surface area contributed by atoms with E-state index in [2.05, 4.69) is 37.4 Å². The van der Waals surface area contributed by atoms with Gasteiger partial charge in [-0.1, -0.05) is 31.2 Å². The first-order valence-electron chi connectivity index (χ1n) is 6.25. The minimum Gasteiger partial charge on any atom is -0.380 e. The maximum atomic E-state index is 5.87. The second-order valence-corrected chi connectivity index (χ2v) is 4.40. The van der Waals surface area contributed by atoms with Gasteiger partial charge in [0, 0.05) is 25.7 Å².